The molecule has 0 radical (unpaired) electrons. The van der Waals surface area contributed by atoms with Crippen LogP contribution >= 0.6 is 0 Å². The van der Waals surface area contributed by atoms with E-state index < -0.39 is 0 Å². The summed E-state index contributed by atoms with van der Waals surface area (Å²) < 4.78 is 4.47. The lowest BCUT2D eigenvalue weighted by Gasteiger charge is -2.13. The molecule has 9 heteroatoms. The van der Waals surface area contributed by atoms with Crippen LogP contribution < -0.4 is 11.0 Å². The number of carbonyl (C=O) groups is 1. The molecule has 2 heterocycles. The average Bonchev–Trinajstić information content (AvgIpc) is 3.27. The first kappa shape index (κ1) is 18.6. The van der Waals surface area contributed by atoms with E-state index in [1.54, 1.807) is 9.25 Å². The van der Waals surface area contributed by atoms with Crippen LogP contribution in [-0.4, -0.2) is 35.0 Å². The van der Waals surface area contributed by atoms with E-state index in [2.05, 4.69) is 20.5 Å². The second kappa shape index (κ2) is 7.98. The Morgan fingerprint density at radius 2 is 1.89 bits per heavy atom. The lowest BCUT2D eigenvalue weighted by Crippen LogP contribution is -2.35. The van der Waals surface area contributed by atoms with Gasteiger partial charge in [0.05, 0.1) is 6.04 Å². The molecule has 3 aromatic rings. The van der Waals surface area contributed by atoms with E-state index in [9.17, 15) is 9.59 Å². The standard InChI is InChI=1S/C18H23N7O2/c1-4-23-17(14-9-7-6-8-10-14)22-25(18(23)27)11-15(26)21-13(3)16-19-12-20-24(16)5-2/h6-10,12-13H,4-5,11H2,1-3H3,(H,21,26). The van der Waals surface area contributed by atoms with Gasteiger partial charge in [0.25, 0.3) is 0 Å². The normalized spacial score (nSPS) is 12.1. The average molecular weight is 369 g/mol. The summed E-state index contributed by atoms with van der Waals surface area (Å²) in [6.45, 7) is 6.64. The molecule has 0 saturated heterocycles. The first-order valence-corrected chi connectivity index (χ1v) is 8.95. The molecule has 142 valence electrons. The van der Waals surface area contributed by atoms with E-state index in [0.717, 1.165) is 5.56 Å². The van der Waals surface area contributed by atoms with Gasteiger partial charge in [-0.25, -0.2) is 19.1 Å². The molecule has 0 spiro atoms. The minimum absolute atomic E-state index is 0.156. The fourth-order valence-electron chi connectivity index (χ4n) is 2.97. The third-order valence-electron chi connectivity index (χ3n) is 4.27. The molecule has 0 saturated carbocycles. The molecule has 27 heavy (non-hydrogen) atoms. The summed E-state index contributed by atoms with van der Waals surface area (Å²) in [5, 5.41) is 11.3. The highest BCUT2D eigenvalue weighted by molar-refractivity contribution is 5.76. The van der Waals surface area contributed by atoms with Crippen molar-refractivity contribution >= 4 is 5.91 Å². The molecule has 0 aliphatic carbocycles. The Morgan fingerprint density at radius 3 is 2.56 bits per heavy atom. The highest BCUT2D eigenvalue weighted by atomic mass is 16.2. The van der Waals surface area contributed by atoms with Crippen molar-refractivity contribution in [1.29, 1.82) is 0 Å². The van der Waals surface area contributed by atoms with Gasteiger partial charge in [0.1, 0.15) is 18.7 Å². The zero-order valence-electron chi connectivity index (χ0n) is 15.7. The fourth-order valence-corrected chi connectivity index (χ4v) is 2.97. The Balaban J connectivity index is 1.78. The maximum absolute atomic E-state index is 12.6. The third kappa shape index (κ3) is 3.81. The zero-order valence-corrected chi connectivity index (χ0v) is 15.7. The van der Waals surface area contributed by atoms with Crippen molar-refractivity contribution in [2.75, 3.05) is 0 Å². The fraction of sp³-hybridized carbons (Fsp3) is 0.389. The van der Waals surface area contributed by atoms with Crippen LogP contribution in [0.15, 0.2) is 41.5 Å². The van der Waals surface area contributed by atoms with Crippen LogP contribution in [0, 0.1) is 0 Å². The summed E-state index contributed by atoms with van der Waals surface area (Å²) in [4.78, 5) is 29.2. The van der Waals surface area contributed by atoms with Crippen molar-refractivity contribution in [3.05, 3.63) is 53.0 Å². The molecule has 1 unspecified atom stereocenters. The van der Waals surface area contributed by atoms with E-state index in [1.165, 1.54) is 11.0 Å². The zero-order chi connectivity index (χ0) is 19.4. The van der Waals surface area contributed by atoms with Crippen molar-refractivity contribution < 1.29 is 4.79 Å². The number of aryl methyl sites for hydroxylation is 1. The van der Waals surface area contributed by atoms with Crippen molar-refractivity contribution in [3.63, 3.8) is 0 Å². The quantitative estimate of drug-likeness (QED) is 0.675. The molecule has 0 aliphatic heterocycles. The molecule has 2 aromatic heterocycles. The summed E-state index contributed by atoms with van der Waals surface area (Å²) in [6.07, 6.45) is 1.46. The summed E-state index contributed by atoms with van der Waals surface area (Å²) in [5.74, 6) is 0.910. The largest absolute Gasteiger partial charge is 0.346 e. The highest BCUT2D eigenvalue weighted by Gasteiger charge is 2.19. The van der Waals surface area contributed by atoms with Crippen LogP contribution in [0.1, 0.15) is 32.6 Å². The summed E-state index contributed by atoms with van der Waals surface area (Å²) >= 11 is 0. The van der Waals surface area contributed by atoms with Crippen LogP contribution in [0.2, 0.25) is 0 Å². The van der Waals surface area contributed by atoms with Crippen LogP contribution in [0.5, 0.6) is 0 Å². The number of rotatable bonds is 7. The van der Waals surface area contributed by atoms with Crippen LogP contribution in [-0.2, 0) is 24.4 Å². The van der Waals surface area contributed by atoms with Crippen molar-refractivity contribution in [1.82, 2.24) is 34.4 Å². The number of hydrogen-bond acceptors (Lipinski definition) is 5. The Morgan fingerprint density at radius 1 is 1.15 bits per heavy atom. The molecule has 1 N–H and O–H groups in total. The number of amides is 1. The second-order valence-corrected chi connectivity index (χ2v) is 6.10. The predicted molar refractivity (Wildman–Crippen MR) is 99.9 cm³/mol. The molecule has 0 bridgehead atoms. The van der Waals surface area contributed by atoms with Gasteiger partial charge in [0.15, 0.2) is 5.82 Å². The van der Waals surface area contributed by atoms with E-state index in [4.69, 9.17) is 0 Å². The molecule has 1 aromatic carbocycles. The van der Waals surface area contributed by atoms with Crippen LogP contribution in [0.3, 0.4) is 0 Å². The molecule has 1 amide bonds. The molecule has 0 fully saturated rings. The van der Waals surface area contributed by atoms with E-state index in [1.807, 2.05) is 51.1 Å². The SMILES string of the molecule is CCn1ncnc1C(C)NC(=O)Cn1nc(-c2ccccc2)n(CC)c1=O. The topological polar surface area (TPSA) is 99.6 Å². The molecule has 3 rings (SSSR count). The van der Waals surface area contributed by atoms with Crippen molar-refractivity contribution in [2.45, 2.75) is 46.4 Å². The maximum Gasteiger partial charge on any atom is 0.346 e. The first-order valence-electron chi connectivity index (χ1n) is 8.95. The van der Waals surface area contributed by atoms with Gasteiger partial charge >= 0.3 is 5.69 Å². The summed E-state index contributed by atoms with van der Waals surface area (Å²) in [5.41, 5.74) is 0.524. The number of aromatic nitrogens is 6. The van der Waals surface area contributed by atoms with Crippen molar-refractivity contribution in [3.8, 4) is 11.4 Å². The smallest absolute Gasteiger partial charge is 0.345 e. The van der Waals surface area contributed by atoms with E-state index in [-0.39, 0.29) is 24.2 Å². The Hall–Kier alpha value is -3.23. The molecule has 1 atom stereocenters. The minimum atomic E-state index is -0.322. The van der Waals surface area contributed by atoms with Gasteiger partial charge in [-0.15, -0.1) is 5.10 Å². The number of carbonyl (C=O) groups excluding carboxylic acids is 1. The van der Waals surface area contributed by atoms with Gasteiger partial charge in [-0.1, -0.05) is 30.3 Å². The Bertz CT molecular complexity index is 971. The molecular formula is C18H23N7O2. The number of nitrogens with zero attached hydrogens (tertiary/aromatic N) is 6. The molecular weight excluding hydrogens is 346 g/mol. The minimum Gasteiger partial charge on any atom is -0.345 e. The van der Waals surface area contributed by atoms with Gasteiger partial charge in [-0.05, 0) is 20.8 Å². The second-order valence-electron chi connectivity index (χ2n) is 6.10. The first-order chi connectivity index (χ1) is 13.0. The highest BCUT2D eigenvalue weighted by Crippen LogP contribution is 2.15. The molecule has 0 aliphatic rings. The van der Waals surface area contributed by atoms with Crippen LogP contribution in [0.25, 0.3) is 11.4 Å². The Labute approximate surface area is 156 Å². The monoisotopic (exact) mass is 369 g/mol. The Kier molecular flexibility index (Phi) is 5.49. The lowest BCUT2D eigenvalue weighted by molar-refractivity contribution is -0.122. The van der Waals surface area contributed by atoms with Gasteiger partial charge < -0.3 is 5.32 Å². The van der Waals surface area contributed by atoms with Gasteiger partial charge in [-0.2, -0.15) is 5.10 Å². The predicted octanol–water partition coefficient (Wildman–Crippen LogP) is 1.22. The summed E-state index contributed by atoms with van der Waals surface area (Å²) in [6, 6.07) is 9.13. The van der Waals surface area contributed by atoms with Gasteiger partial charge in [-0.3, -0.25) is 9.36 Å². The number of hydrogen-bond donors (Lipinski definition) is 1. The number of nitrogens with one attached hydrogen (secondary N) is 1. The van der Waals surface area contributed by atoms with Crippen molar-refractivity contribution in [2.24, 2.45) is 0 Å². The van der Waals surface area contributed by atoms with Gasteiger partial charge in [0.2, 0.25) is 5.91 Å². The number of benzene rings is 1. The maximum atomic E-state index is 12.6. The van der Waals surface area contributed by atoms with Crippen LogP contribution in [0.4, 0.5) is 0 Å². The van der Waals surface area contributed by atoms with E-state index in [0.29, 0.717) is 24.7 Å². The van der Waals surface area contributed by atoms with Gasteiger partial charge in [0, 0.05) is 18.7 Å². The van der Waals surface area contributed by atoms with E-state index >= 15 is 0 Å². The third-order valence-corrected chi connectivity index (χ3v) is 4.27. The summed E-state index contributed by atoms with van der Waals surface area (Å²) in [7, 11) is 0. The molecule has 9 nitrogen and oxygen atoms in total. The lowest BCUT2D eigenvalue weighted by atomic mass is 10.2.